The van der Waals surface area contributed by atoms with E-state index in [1.807, 2.05) is 0 Å². The summed E-state index contributed by atoms with van der Waals surface area (Å²) in [6, 6.07) is 75.9. The van der Waals surface area contributed by atoms with E-state index in [1.165, 1.54) is 55.6 Å². The average molecular weight is 626 g/mol. The largest absolute Gasteiger partial charge is 0.310 e. The summed E-state index contributed by atoms with van der Waals surface area (Å²) in [7, 11) is 0. The van der Waals surface area contributed by atoms with Gasteiger partial charge in [0, 0.05) is 16.9 Å². The highest BCUT2D eigenvalue weighted by atomic mass is 15.1. The summed E-state index contributed by atoms with van der Waals surface area (Å²) in [5, 5.41) is 0. The average Bonchev–Trinajstić information content (AvgIpc) is 3.20. The number of benzene rings is 8. The molecular weight excluding hydrogens is 591 g/mol. The molecule has 1 nitrogen and oxygen atoms in total. The number of hydrogen-bond acceptors (Lipinski definition) is 1. The van der Waals surface area contributed by atoms with Crippen molar-refractivity contribution in [1.82, 2.24) is 0 Å². The SMILES string of the molecule is c1ccc(-c2ccc(-c3ccc(N(c4ccccc4)c4ccccc4-c4ccccc4-c4ccccc4-c4ccccc4)cc3)cc2)cc1. The molecule has 1 heteroatoms. The minimum Gasteiger partial charge on any atom is -0.310 e. The first kappa shape index (κ1) is 29.9. The first-order valence-corrected chi connectivity index (χ1v) is 16.8. The normalized spacial score (nSPS) is 10.9. The number of anilines is 3. The van der Waals surface area contributed by atoms with Gasteiger partial charge in [0.05, 0.1) is 5.69 Å². The van der Waals surface area contributed by atoms with Crippen LogP contribution in [0.4, 0.5) is 17.1 Å². The molecule has 0 atom stereocenters. The molecule has 0 N–H and O–H groups in total. The van der Waals surface area contributed by atoms with Crippen LogP contribution in [0.15, 0.2) is 212 Å². The van der Waals surface area contributed by atoms with Crippen LogP contribution in [0.5, 0.6) is 0 Å². The minimum atomic E-state index is 1.10. The van der Waals surface area contributed by atoms with Crippen molar-refractivity contribution in [3.05, 3.63) is 212 Å². The van der Waals surface area contributed by atoms with Crippen LogP contribution in [-0.4, -0.2) is 0 Å². The molecule has 0 heterocycles. The van der Waals surface area contributed by atoms with Gasteiger partial charge in [-0.15, -0.1) is 0 Å². The van der Waals surface area contributed by atoms with Gasteiger partial charge in [-0.3, -0.25) is 0 Å². The summed E-state index contributed by atoms with van der Waals surface area (Å²) in [6.45, 7) is 0. The monoisotopic (exact) mass is 625 g/mol. The molecule has 0 unspecified atom stereocenters. The molecule has 0 radical (unpaired) electrons. The van der Waals surface area contributed by atoms with E-state index in [4.69, 9.17) is 0 Å². The smallest absolute Gasteiger partial charge is 0.0540 e. The van der Waals surface area contributed by atoms with Gasteiger partial charge >= 0.3 is 0 Å². The Balaban J connectivity index is 1.21. The van der Waals surface area contributed by atoms with E-state index >= 15 is 0 Å². The Labute approximate surface area is 289 Å². The molecule has 8 aromatic rings. The molecule has 0 fully saturated rings. The van der Waals surface area contributed by atoms with Crippen LogP contribution in [-0.2, 0) is 0 Å². The second-order valence-electron chi connectivity index (χ2n) is 12.1. The molecule has 0 spiro atoms. The van der Waals surface area contributed by atoms with Gasteiger partial charge in [0.2, 0.25) is 0 Å². The maximum atomic E-state index is 2.37. The summed E-state index contributed by atoms with van der Waals surface area (Å²) in [6.07, 6.45) is 0. The quantitative estimate of drug-likeness (QED) is 0.162. The second-order valence-corrected chi connectivity index (χ2v) is 12.1. The van der Waals surface area contributed by atoms with Crippen LogP contribution >= 0.6 is 0 Å². The molecule has 0 amide bonds. The Hall–Kier alpha value is -6.44. The molecule has 8 aromatic carbocycles. The fraction of sp³-hybridized carbons (Fsp3) is 0. The predicted molar refractivity (Wildman–Crippen MR) is 208 cm³/mol. The van der Waals surface area contributed by atoms with Gasteiger partial charge in [-0.05, 0) is 80.4 Å². The molecule has 49 heavy (non-hydrogen) atoms. The molecule has 0 saturated heterocycles. The number of para-hydroxylation sites is 2. The molecular formula is C48H35N. The van der Waals surface area contributed by atoms with E-state index in [0.717, 1.165) is 17.1 Å². The lowest BCUT2D eigenvalue weighted by molar-refractivity contribution is 1.28. The zero-order valence-electron chi connectivity index (χ0n) is 27.2. The summed E-state index contributed by atoms with van der Waals surface area (Å²) < 4.78 is 0. The fourth-order valence-electron chi connectivity index (χ4n) is 6.73. The molecule has 232 valence electrons. The van der Waals surface area contributed by atoms with Crippen LogP contribution in [0.2, 0.25) is 0 Å². The summed E-state index contributed by atoms with van der Waals surface area (Å²) in [5.74, 6) is 0. The highest BCUT2D eigenvalue weighted by Gasteiger charge is 2.20. The van der Waals surface area contributed by atoms with Crippen LogP contribution < -0.4 is 4.90 Å². The lowest BCUT2D eigenvalue weighted by Gasteiger charge is -2.28. The third kappa shape index (κ3) is 6.18. The highest BCUT2D eigenvalue weighted by molar-refractivity contribution is 5.97. The van der Waals surface area contributed by atoms with Gasteiger partial charge < -0.3 is 4.90 Å². The van der Waals surface area contributed by atoms with E-state index in [0.29, 0.717) is 0 Å². The van der Waals surface area contributed by atoms with Gasteiger partial charge in [-0.25, -0.2) is 0 Å². The summed E-state index contributed by atoms with van der Waals surface area (Å²) >= 11 is 0. The van der Waals surface area contributed by atoms with E-state index < -0.39 is 0 Å². The van der Waals surface area contributed by atoms with Gasteiger partial charge in [0.15, 0.2) is 0 Å². The Morgan fingerprint density at radius 2 is 0.531 bits per heavy atom. The van der Waals surface area contributed by atoms with Crippen molar-refractivity contribution < 1.29 is 0 Å². The molecule has 0 bridgehead atoms. The zero-order chi connectivity index (χ0) is 32.8. The lowest BCUT2D eigenvalue weighted by Crippen LogP contribution is -2.11. The van der Waals surface area contributed by atoms with Crippen LogP contribution in [0.3, 0.4) is 0 Å². The summed E-state index contributed by atoms with van der Waals surface area (Å²) in [5.41, 5.74) is 15.4. The van der Waals surface area contributed by atoms with Crippen molar-refractivity contribution in [2.24, 2.45) is 0 Å². The number of nitrogens with zero attached hydrogens (tertiary/aromatic N) is 1. The highest BCUT2D eigenvalue weighted by Crippen LogP contribution is 2.45. The van der Waals surface area contributed by atoms with Crippen molar-refractivity contribution in [2.45, 2.75) is 0 Å². The summed E-state index contributed by atoms with van der Waals surface area (Å²) in [4.78, 5) is 2.37. The Morgan fingerprint density at radius 1 is 0.204 bits per heavy atom. The first-order valence-electron chi connectivity index (χ1n) is 16.8. The molecule has 0 aliphatic heterocycles. The molecule has 0 saturated carbocycles. The third-order valence-corrected chi connectivity index (χ3v) is 9.13. The second kappa shape index (κ2) is 13.7. The van der Waals surface area contributed by atoms with Crippen molar-refractivity contribution in [1.29, 1.82) is 0 Å². The van der Waals surface area contributed by atoms with Crippen molar-refractivity contribution in [3.63, 3.8) is 0 Å². The van der Waals surface area contributed by atoms with E-state index in [1.54, 1.807) is 0 Å². The van der Waals surface area contributed by atoms with Gasteiger partial charge in [-0.1, -0.05) is 182 Å². The van der Waals surface area contributed by atoms with Crippen LogP contribution in [0.25, 0.3) is 55.6 Å². The Bertz CT molecular complexity index is 2290. The predicted octanol–water partition coefficient (Wildman–Crippen LogP) is 13.5. The van der Waals surface area contributed by atoms with Crippen molar-refractivity contribution in [3.8, 4) is 55.6 Å². The lowest BCUT2D eigenvalue weighted by atomic mass is 9.88. The van der Waals surface area contributed by atoms with E-state index in [9.17, 15) is 0 Å². The molecule has 0 aliphatic rings. The minimum absolute atomic E-state index is 1.10. The van der Waals surface area contributed by atoms with E-state index in [2.05, 4.69) is 217 Å². The maximum absolute atomic E-state index is 2.37. The molecule has 0 aromatic heterocycles. The third-order valence-electron chi connectivity index (χ3n) is 9.13. The van der Waals surface area contributed by atoms with Gasteiger partial charge in [0.1, 0.15) is 0 Å². The van der Waals surface area contributed by atoms with E-state index in [-0.39, 0.29) is 0 Å². The van der Waals surface area contributed by atoms with Gasteiger partial charge in [-0.2, -0.15) is 0 Å². The van der Waals surface area contributed by atoms with Crippen LogP contribution in [0, 0.1) is 0 Å². The van der Waals surface area contributed by atoms with Crippen molar-refractivity contribution >= 4 is 17.1 Å². The maximum Gasteiger partial charge on any atom is 0.0540 e. The number of rotatable bonds is 8. The van der Waals surface area contributed by atoms with Gasteiger partial charge in [0.25, 0.3) is 0 Å². The van der Waals surface area contributed by atoms with Crippen molar-refractivity contribution in [2.75, 3.05) is 4.90 Å². The molecule has 8 rings (SSSR count). The number of hydrogen-bond donors (Lipinski definition) is 0. The topological polar surface area (TPSA) is 3.24 Å². The van der Waals surface area contributed by atoms with Crippen LogP contribution in [0.1, 0.15) is 0 Å². The molecule has 0 aliphatic carbocycles. The first-order chi connectivity index (χ1) is 24.3. The Kier molecular flexibility index (Phi) is 8.39. The fourth-order valence-corrected chi connectivity index (χ4v) is 6.73. The Morgan fingerprint density at radius 3 is 1.08 bits per heavy atom. The standard InChI is InChI=1S/C48H35N/c1-4-16-36(17-5-1)37-28-30-38(31-29-37)39-32-34-42(35-33-39)49(41-20-8-3-9-21-41)48-27-15-14-26-47(48)46-25-13-12-24-45(46)44-23-11-10-22-43(44)40-18-6-2-7-19-40/h1-35H. The zero-order valence-corrected chi connectivity index (χ0v) is 27.2.